The summed E-state index contributed by atoms with van der Waals surface area (Å²) in [4.78, 5) is 14.8. The van der Waals surface area contributed by atoms with Crippen LogP contribution in [0.3, 0.4) is 0 Å². The minimum Gasteiger partial charge on any atom is -1.00 e. The van der Waals surface area contributed by atoms with Crippen LogP contribution in [0.2, 0.25) is 0 Å². The van der Waals surface area contributed by atoms with Gasteiger partial charge in [0.1, 0.15) is 18.9 Å². The molecule has 2 rings (SSSR count). The van der Waals surface area contributed by atoms with Crippen LogP contribution >= 0.6 is 0 Å². The SMILES string of the molecule is CCN(CC)C(=O)C[N+]1(CCOc2c(C)cccc2C)CCCCCC1.[Br-]. The second-order valence-corrected chi connectivity index (χ2v) is 7.72. The first-order valence-electron chi connectivity index (χ1n) is 10.3. The summed E-state index contributed by atoms with van der Waals surface area (Å²) >= 11 is 0. The van der Waals surface area contributed by atoms with Crippen LogP contribution in [0, 0.1) is 13.8 Å². The van der Waals surface area contributed by atoms with E-state index >= 15 is 0 Å². The predicted octanol–water partition coefficient (Wildman–Crippen LogP) is 0.945. The van der Waals surface area contributed by atoms with Gasteiger partial charge in [-0.25, -0.2) is 0 Å². The lowest BCUT2D eigenvalue weighted by Crippen LogP contribution is -3.00. The highest BCUT2D eigenvalue weighted by atomic mass is 79.9. The first-order chi connectivity index (χ1) is 12.5. The molecule has 1 aromatic carbocycles. The molecule has 27 heavy (non-hydrogen) atoms. The van der Waals surface area contributed by atoms with Crippen molar-refractivity contribution in [2.75, 3.05) is 45.9 Å². The van der Waals surface area contributed by atoms with Gasteiger partial charge in [-0.2, -0.15) is 0 Å². The van der Waals surface area contributed by atoms with E-state index in [0.717, 1.165) is 43.0 Å². The largest absolute Gasteiger partial charge is 1.00 e. The van der Waals surface area contributed by atoms with Crippen molar-refractivity contribution in [1.29, 1.82) is 0 Å². The van der Waals surface area contributed by atoms with Crippen molar-refractivity contribution < 1.29 is 31.0 Å². The molecule has 1 aliphatic rings. The number of ether oxygens (including phenoxy) is 1. The van der Waals surface area contributed by atoms with Gasteiger partial charge in [-0.05, 0) is 64.5 Å². The highest BCUT2D eigenvalue weighted by molar-refractivity contribution is 5.77. The minimum absolute atomic E-state index is 0. The number of hydrogen-bond donors (Lipinski definition) is 0. The third-order valence-corrected chi connectivity index (χ3v) is 5.82. The molecule has 0 spiro atoms. The summed E-state index contributed by atoms with van der Waals surface area (Å²) in [6.45, 7) is 14.4. The van der Waals surface area contributed by atoms with Gasteiger partial charge in [-0.15, -0.1) is 0 Å². The van der Waals surface area contributed by atoms with Crippen LogP contribution in [0.15, 0.2) is 18.2 Å². The monoisotopic (exact) mass is 440 g/mol. The molecule has 1 aromatic rings. The average molecular weight is 441 g/mol. The van der Waals surface area contributed by atoms with Crippen LogP contribution in [0.25, 0.3) is 0 Å². The number of halogens is 1. The number of likely N-dealkylation sites (N-methyl/N-ethyl adjacent to an activating group) is 1. The van der Waals surface area contributed by atoms with E-state index in [1.54, 1.807) is 0 Å². The summed E-state index contributed by atoms with van der Waals surface area (Å²) < 4.78 is 7.08. The van der Waals surface area contributed by atoms with Gasteiger partial charge in [0.05, 0.1) is 13.1 Å². The van der Waals surface area contributed by atoms with Crippen LogP contribution < -0.4 is 21.7 Å². The van der Waals surface area contributed by atoms with Crippen LogP contribution in [0.5, 0.6) is 5.75 Å². The van der Waals surface area contributed by atoms with Crippen LogP contribution in [0.1, 0.15) is 50.7 Å². The van der Waals surface area contributed by atoms with Crippen LogP contribution in [-0.2, 0) is 4.79 Å². The zero-order valence-electron chi connectivity index (χ0n) is 17.6. The summed E-state index contributed by atoms with van der Waals surface area (Å²) in [5.41, 5.74) is 2.37. The van der Waals surface area contributed by atoms with E-state index in [9.17, 15) is 4.79 Å². The van der Waals surface area contributed by atoms with Gasteiger partial charge in [0.2, 0.25) is 0 Å². The molecule has 1 fully saturated rings. The lowest BCUT2D eigenvalue weighted by atomic mass is 10.1. The fourth-order valence-corrected chi connectivity index (χ4v) is 4.15. The van der Waals surface area contributed by atoms with E-state index in [1.165, 1.54) is 36.8 Å². The Bertz CT molecular complexity index is 559. The molecular weight excluding hydrogens is 404 g/mol. The Morgan fingerprint density at radius 3 is 2.11 bits per heavy atom. The van der Waals surface area contributed by atoms with Crippen molar-refractivity contribution in [3.05, 3.63) is 29.3 Å². The fourth-order valence-electron chi connectivity index (χ4n) is 4.15. The number of carbonyl (C=O) groups excluding carboxylic acids is 1. The number of benzene rings is 1. The second kappa shape index (κ2) is 11.7. The summed E-state index contributed by atoms with van der Waals surface area (Å²) in [5, 5.41) is 0. The Morgan fingerprint density at radius 2 is 1.59 bits per heavy atom. The number of quaternary nitrogens is 1. The van der Waals surface area contributed by atoms with Crippen molar-refractivity contribution in [3.63, 3.8) is 0 Å². The van der Waals surface area contributed by atoms with Crippen molar-refractivity contribution in [2.45, 2.75) is 53.4 Å². The van der Waals surface area contributed by atoms with Crippen LogP contribution in [-0.4, -0.2) is 61.2 Å². The third kappa shape index (κ3) is 6.79. The first kappa shape index (κ1) is 24.0. The molecule has 0 radical (unpaired) electrons. The van der Waals surface area contributed by atoms with Crippen molar-refractivity contribution >= 4 is 5.91 Å². The standard InChI is InChI=1S/C22H37N2O2.BrH/c1-5-23(6-2)21(25)18-24(14-9-7-8-10-15-24)16-17-26-22-19(3)12-11-13-20(22)4;/h11-13H,5-10,14-18H2,1-4H3;1H/q+1;/p-1. The smallest absolute Gasteiger partial charge is 0.277 e. The second-order valence-electron chi connectivity index (χ2n) is 7.72. The number of rotatable bonds is 8. The summed E-state index contributed by atoms with van der Waals surface area (Å²) in [6.07, 6.45) is 5.01. The molecule has 154 valence electrons. The van der Waals surface area contributed by atoms with E-state index in [1.807, 2.05) is 4.90 Å². The highest BCUT2D eigenvalue weighted by Gasteiger charge is 2.32. The molecule has 1 amide bonds. The van der Waals surface area contributed by atoms with Gasteiger partial charge in [0, 0.05) is 13.1 Å². The van der Waals surface area contributed by atoms with E-state index in [-0.39, 0.29) is 17.0 Å². The molecule has 5 heteroatoms. The van der Waals surface area contributed by atoms with E-state index in [2.05, 4.69) is 45.9 Å². The highest BCUT2D eigenvalue weighted by Crippen LogP contribution is 2.24. The molecule has 0 bridgehead atoms. The van der Waals surface area contributed by atoms with Gasteiger partial charge in [-0.1, -0.05) is 18.2 Å². The lowest BCUT2D eigenvalue weighted by Gasteiger charge is -2.38. The first-order valence-corrected chi connectivity index (χ1v) is 10.3. The van der Waals surface area contributed by atoms with E-state index in [0.29, 0.717) is 19.1 Å². The maximum absolute atomic E-state index is 12.8. The van der Waals surface area contributed by atoms with Gasteiger partial charge >= 0.3 is 0 Å². The van der Waals surface area contributed by atoms with E-state index in [4.69, 9.17) is 4.74 Å². The molecule has 1 heterocycles. The number of likely N-dealkylation sites (tertiary alicyclic amines) is 1. The topological polar surface area (TPSA) is 29.5 Å². The summed E-state index contributed by atoms with van der Waals surface area (Å²) in [6, 6.07) is 6.27. The Balaban J connectivity index is 0.00000364. The Labute approximate surface area is 176 Å². The minimum atomic E-state index is 0. The number of aryl methyl sites for hydroxylation is 2. The molecule has 0 atom stereocenters. The Kier molecular flexibility index (Phi) is 10.4. The number of carbonyl (C=O) groups is 1. The van der Waals surface area contributed by atoms with Gasteiger partial charge in [-0.3, -0.25) is 4.79 Å². The number of hydrogen-bond acceptors (Lipinski definition) is 2. The Hall–Kier alpha value is -1.07. The zero-order valence-corrected chi connectivity index (χ0v) is 19.2. The number of nitrogens with zero attached hydrogens (tertiary/aromatic N) is 2. The van der Waals surface area contributed by atoms with Gasteiger partial charge in [0.15, 0.2) is 6.54 Å². The Morgan fingerprint density at radius 1 is 1.04 bits per heavy atom. The van der Waals surface area contributed by atoms with Crippen molar-refractivity contribution in [1.82, 2.24) is 4.90 Å². The fraction of sp³-hybridized carbons (Fsp3) is 0.682. The predicted molar refractivity (Wildman–Crippen MR) is 108 cm³/mol. The molecule has 0 aliphatic carbocycles. The van der Waals surface area contributed by atoms with E-state index < -0.39 is 0 Å². The van der Waals surface area contributed by atoms with Crippen LogP contribution in [0.4, 0.5) is 0 Å². The summed E-state index contributed by atoms with van der Waals surface area (Å²) in [7, 11) is 0. The normalized spacial score (nSPS) is 16.1. The molecule has 1 saturated heterocycles. The van der Waals surface area contributed by atoms with Gasteiger partial charge < -0.3 is 31.1 Å². The third-order valence-electron chi connectivity index (χ3n) is 5.82. The molecule has 0 N–H and O–H groups in total. The molecule has 1 aliphatic heterocycles. The number of amides is 1. The summed E-state index contributed by atoms with van der Waals surface area (Å²) in [5.74, 6) is 1.31. The van der Waals surface area contributed by atoms with Gasteiger partial charge in [0.25, 0.3) is 5.91 Å². The zero-order chi connectivity index (χ0) is 19.0. The molecule has 0 saturated carbocycles. The maximum atomic E-state index is 12.8. The van der Waals surface area contributed by atoms with Crippen molar-refractivity contribution in [3.8, 4) is 5.75 Å². The quantitative estimate of drug-likeness (QED) is 0.563. The maximum Gasteiger partial charge on any atom is 0.277 e. The number of para-hydroxylation sites is 1. The molecule has 0 aromatic heterocycles. The molecular formula is C22H37BrN2O2. The average Bonchev–Trinajstić information content (AvgIpc) is 2.84. The lowest BCUT2D eigenvalue weighted by molar-refractivity contribution is -0.920. The molecule has 4 nitrogen and oxygen atoms in total. The van der Waals surface area contributed by atoms with Crippen molar-refractivity contribution in [2.24, 2.45) is 0 Å². The molecule has 0 unspecified atom stereocenters.